The van der Waals surface area contributed by atoms with Crippen molar-refractivity contribution in [1.82, 2.24) is 9.55 Å². The molecule has 0 amide bonds. The second kappa shape index (κ2) is 9.99. The fourth-order valence-corrected chi connectivity index (χ4v) is 7.32. The number of carbonyl (C=O) groups is 1. The fraction of sp³-hybridized carbons (Fsp3) is 0.312. The standard InChI is InChI=1S/C32H31FN2O2S/c1-3-17-35-27-18-28(32(36)37)38-31(27)29(20-9-5-4-6-10-20)30(35)22-14-16-25-21(19(22)2)13-15-26(34-25)23-11-7-8-12-24(23)33/h7-8,11-16,18,20H,3-6,9-10,17H2,1-2H3,(H,36,37). The lowest BCUT2D eigenvalue weighted by molar-refractivity contribution is 0.0702. The van der Waals surface area contributed by atoms with Crippen LogP contribution in [0.25, 0.3) is 43.6 Å². The van der Waals surface area contributed by atoms with Crippen LogP contribution in [-0.2, 0) is 6.54 Å². The van der Waals surface area contributed by atoms with Crippen molar-refractivity contribution in [3.63, 3.8) is 0 Å². The number of fused-ring (bicyclic) bond motifs is 2. The van der Waals surface area contributed by atoms with Gasteiger partial charge in [0.1, 0.15) is 10.7 Å². The van der Waals surface area contributed by atoms with E-state index < -0.39 is 5.97 Å². The lowest BCUT2D eigenvalue weighted by Crippen LogP contribution is -2.08. The Kier molecular flexibility index (Phi) is 6.52. The number of nitrogens with zero attached hydrogens (tertiary/aromatic N) is 2. The van der Waals surface area contributed by atoms with E-state index in [1.165, 1.54) is 53.5 Å². The second-order valence-electron chi connectivity index (χ2n) is 10.4. The molecule has 3 aromatic heterocycles. The van der Waals surface area contributed by atoms with Gasteiger partial charge < -0.3 is 9.67 Å². The molecule has 3 heterocycles. The van der Waals surface area contributed by atoms with Gasteiger partial charge in [-0.05, 0) is 73.6 Å². The number of halogens is 1. The second-order valence-corrected chi connectivity index (χ2v) is 11.4. The summed E-state index contributed by atoms with van der Waals surface area (Å²) in [5.41, 5.74) is 7.88. The molecule has 1 N–H and O–H groups in total. The van der Waals surface area contributed by atoms with Gasteiger partial charge in [-0.3, -0.25) is 0 Å². The summed E-state index contributed by atoms with van der Waals surface area (Å²) >= 11 is 1.42. The van der Waals surface area contributed by atoms with Gasteiger partial charge in [0.05, 0.1) is 27.1 Å². The van der Waals surface area contributed by atoms with Crippen LogP contribution in [0.2, 0.25) is 0 Å². The highest BCUT2D eigenvalue weighted by atomic mass is 32.1. The van der Waals surface area contributed by atoms with Gasteiger partial charge in [0, 0.05) is 23.1 Å². The van der Waals surface area contributed by atoms with Crippen LogP contribution in [0, 0.1) is 12.7 Å². The van der Waals surface area contributed by atoms with Crippen molar-refractivity contribution < 1.29 is 14.3 Å². The highest BCUT2D eigenvalue weighted by Crippen LogP contribution is 2.48. The first kappa shape index (κ1) is 24.8. The molecule has 1 aliphatic carbocycles. The maximum absolute atomic E-state index is 14.4. The first-order valence-electron chi connectivity index (χ1n) is 13.5. The number of pyridine rings is 1. The average Bonchev–Trinajstić information content (AvgIpc) is 3.48. The number of aromatic nitrogens is 2. The summed E-state index contributed by atoms with van der Waals surface area (Å²) in [6.45, 7) is 5.14. The molecule has 1 saturated carbocycles. The van der Waals surface area contributed by atoms with Crippen molar-refractivity contribution in [2.75, 3.05) is 0 Å². The minimum absolute atomic E-state index is 0.275. The topological polar surface area (TPSA) is 55.1 Å². The van der Waals surface area contributed by atoms with E-state index in [9.17, 15) is 14.3 Å². The Bertz CT molecular complexity index is 1680. The highest BCUT2D eigenvalue weighted by Gasteiger charge is 2.29. The molecule has 0 unspecified atom stereocenters. The number of hydrogen-bond donors (Lipinski definition) is 1. The largest absolute Gasteiger partial charge is 0.477 e. The normalized spacial score (nSPS) is 14.5. The number of aryl methyl sites for hydroxylation is 2. The summed E-state index contributed by atoms with van der Waals surface area (Å²) in [6.07, 6.45) is 6.92. The molecule has 0 radical (unpaired) electrons. The molecule has 1 fully saturated rings. The smallest absolute Gasteiger partial charge is 0.345 e. The molecule has 0 aliphatic heterocycles. The van der Waals surface area contributed by atoms with Crippen molar-refractivity contribution >= 4 is 38.4 Å². The zero-order valence-corrected chi connectivity index (χ0v) is 22.6. The highest BCUT2D eigenvalue weighted by molar-refractivity contribution is 7.21. The van der Waals surface area contributed by atoms with Gasteiger partial charge in [-0.1, -0.05) is 50.5 Å². The Hall–Kier alpha value is -3.51. The summed E-state index contributed by atoms with van der Waals surface area (Å²) in [5.74, 6) is -0.705. The molecule has 0 bridgehead atoms. The van der Waals surface area contributed by atoms with Gasteiger partial charge in [0.15, 0.2) is 0 Å². The maximum atomic E-state index is 14.4. The maximum Gasteiger partial charge on any atom is 0.345 e. The predicted molar refractivity (Wildman–Crippen MR) is 154 cm³/mol. The molecule has 0 atom stereocenters. The molecule has 6 rings (SSSR count). The molecule has 0 spiro atoms. The van der Waals surface area contributed by atoms with E-state index in [4.69, 9.17) is 4.98 Å². The zero-order valence-electron chi connectivity index (χ0n) is 21.8. The first-order chi connectivity index (χ1) is 18.5. The third kappa shape index (κ3) is 4.11. The summed E-state index contributed by atoms with van der Waals surface area (Å²) in [7, 11) is 0. The summed E-state index contributed by atoms with van der Waals surface area (Å²) in [4.78, 5) is 17.1. The quantitative estimate of drug-likeness (QED) is 0.240. The summed E-state index contributed by atoms with van der Waals surface area (Å²) < 4.78 is 17.9. The summed E-state index contributed by atoms with van der Waals surface area (Å²) in [6, 6.07) is 16.8. The van der Waals surface area contributed by atoms with Crippen molar-refractivity contribution in [3.05, 3.63) is 76.4 Å². The molecule has 6 heteroatoms. The third-order valence-corrected chi connectivity index (χ3v) is 9.14. The van der Waals surface area contributed by atoms with E-state index in [2.05, 4.69) is 30.5 Å². The number of rotatable bonds is 6. The first-order valence-corrected chi connectivity index (χ1v) is 14.3. The van der Waals surface area contributed by atoms with Crippen LogP contribution >= 0.6 is 11.3 Å². The number of aromatic carboxylic acids is 1. The van der Waals surface area contributed by atoms with Gasteiger partial charge in [0.25, 0.3) is 0 Å². The Morgan fingerprint density at radius 1 is 1.08 bits per heavy atom. The minimum atomic E-state index is -0.857. The monoisotopic (exact) mass is 526 g/mol. The van der Waals surface area contributed by atoms with Gasteiger partial charge in [-0.2, -0.15) is 0 Å². The number of carboxylic acids is 1. The molecular weight excluding hydrogens is 495 g/mol. The minimum Gasteiger partial charge on any atom is -0.477 e. The van der Waals surface area contributed by atoms with Crippen LogP contribution < -0.4 is 0 Å². The molecule has 0 saturated heterocycles. The predicted octanol–water partition coefficient (Wildman–Crippen LogP) is 9.19. The lowest BCUT2D eigenvalue weighted by atomic mass is 9.82. The summed E-state index contributed by atoms with van der Waals surface area (Å²) in [5, 5.41) is 10.8. The molecular formula is C32H31FN2O2S. The van der Waals surface area contributed by atoms with Crippen LogP contribution in [0.3, 0.4) is 0 Å². The van der Waals surface area contributed by atoms with E-state index >= 15 is 0 Å². The Morgan fingerprint density at radius 2 is 1.87 bits per heavy atom. The van der Waals surface area contributed by atoms with Crippen LogP contribution in [0.4, 0.5) is 4.39 Å². The van der Waals surface area contributed by atoms with E-state index in [-0.39, 0.29) is 5.82 Å². The number of hydrogen-bond acceptors (Lipinski definition) is 3. The van der Waals surface area contributed by atoms with Crippen molar-refractivity contribution in [1.29, 1.82) is 0 Å². The van der Waals surface area contributed by atoms with Gasteiger partial charge in [-0.15, -0.1) is 11.3 Å². The zero-order chi connectivity index (χ0) is 26.4. The SMILES string of the molecule is CCCn1c(-c2ccc3nc(-c4ccccc4F)ccc3c2C)c(C2CCCCC2)c2sc(C(=O)O)cc21. The molecule has 1 aliphatic rings. The van der Waals surface area contributed by atoms with E-state index in [0.717, 1.165) is 52.5 Å². The fourth-order valence-electron chi connectivity index (χ4n) is 6.20. The number of benzene rings is 2. The van der Waals surface area contributed by atoms with E-state index in [1.807, 2.05) is 24.3 Å². The Morgan fingerprint density at radius 3 is 2.61 bits per heavy atom. The Balaban J connectivity index is 1.57. The molecule has 5 aromatic rings. The average molecular weight is 527 g/mol. The lowest BCUT2D eigenvalue weighted by Gasteiger charge is -2.24. The van der Waals surface area contributed by atoms with Gasteiger partial charge >= 0.3 is 5.97 Å². The van der Waals surface area contributed by atoms with Crippen molar-refractivity contribution in [2.24, 2.45) is 0 Å². The Labute approximate surface area is 225 Å². The van der Waals surface area contributed by atoms with Crippen LogP contribution in [0.15, 0.2) is 54.6 Å². The van der Waals surface area contributed by atoms with Gasteiger partial charge in [0.2, 0.25) is 0 Å². The van der Waals surface area contributed by atoms with Gasteiger partial charge in [-0.25, -0.2) is 14.2 Å². The van der Waals surface area contributed by atoms with Crippen molar-refractivity contribution in [3.8, 4) is 22.5 Å². The number of thiophene rings is 1. The van der Waals surface area contributed by atoms with Crippen molar-refractivity contribution in [2.45, 2.75) is 64.8 Å². The number of carboxylic acid groups (broad SMARTS) is 1. The molecule has 194 valence electrons. The van der Waals surface area contributed by atoms with Crippen LogP contribution in [0.1, 0.15) is 72.2 Å². The van der Waals surface area contributed by atoms with E-state index in [1.54, 1.807) is 12.1 Å². The van der Waals surface area contributed by atoms with Crippen LogP contribution in [-0.4, -0.2) is 20.6 Å². The molecule has 2 aromatic carbocycles. The molecule has 38 heavy (non-hydrogen) atoms. The van der Waals surface area contributed by atoms with E-state index in [0.29, 0.717) is 22.1 Å². The molecule has 4 nitrogen and oxygen atoms in total. The third-order valence-electron chi connectivity index (χ3n) is 7.99. The van der Waals surface area contributed by atoms with Crippen LogP contribution in [0.5, 0.6) is 0 Å².